The summed E-state index contributed by atoms with van der Waals surface area (Å²) in [5, 5.41) is 30.4. The molecule has 15 aromatic rings. The molecule has 0 radical (unpaired) electrons. The second-order valence-corrected chi connectivity index (χ2v) is 20.4. The van der Waals surface area contributed by atoms with Crippen LogP contribution in [0.25, 0.3) is 132 Å². The highest BCUT2D eigenvalue weighted by Gasteiger charge is 2.37. The predicted octanol–water partition coefficient (Wildman–Crippen LogP) is 19.2. The first-order valence-corrected chi connectivity index (χ1v) is 26.4. The summed E-state index contributed by atoms with van der Waals surface area (Å²) in [6.07, 6.45) is -9.59. The summed E-state index contributed by atoms with van der Waals surface area (Å²) in [5.74, 6) is 0. The summed E-state index contributed by atoms with van der Waals surface area (Å²) >= 11 is 0. The number of aromatic nitrogens is 4. The summed E-state index contributed by atoms with van der Waals surface area (Å²) in [4.78, 5) is 0. The van der Waals surface area contributed by atoms with Crippen LogP contribution in [0.5, 0.6) is 0 Å². The molecule has 0 fully saturated rings. The standard InChI is InChI=1S/C70H38F6N6/c71-69(72,73)41-33-35-49-45-21-7-13-31-59(45)81(61(49)37-41)67-55(39-77)63(53-27-15-25-51-47-23-9-11-29-57(47)79(65(51)53)43-17-3-1-4-18-43)68(82-60-32-14-8-22-46(60)50-36-34-42(38-62(50)82)70(74,75)76)64(56(67)40-78)54-28-16-26-52-48-24-10-12-30-58(48)80(66(52)54)44-19-5-2-6-20-44/h1-38H. The Balaban J connectivity index is 1.28. The molecule has 0 aliphatic rings. The van der Waals surface area contributed by atoms with Crippen LogP contribution in [0.3, 0.4) is 0 Å². The maximum atomic E-state index is 15.4. The number of nitriles is 2. The van der Waals surface area contributed by atoms with E-state index in [9.17, 15) is 10.5 Å². The Labute approximate surface area is 462 Å². The number of nitrogens with zero attached hydrogens (tertiary/aromatic N) is 6. The number of fused-ring (bicyclic) bond motifs is 12. The first-order valence-electron chi connectivity index (χ1n) is 26.4. The van der Waals surface area contributed by atoms with Crippen molar-refractivity contribution < 1.29 is 26.3 Å². The van der Waals surface area contributed by atoms with Crippen molar-refractivity contribution in [3.05, 3.63) is 253 Å². The van der Waals surface area contributed by atoms with E-state index in [2.05, 4.69) is 21.3 Å². The van der Waals surface area contributed by atoms with Crippen LogP contribution in [0.1, 0.15) is 22.3 Å². The quantitative estimate of drug-likeness (QED) is 0.156. The van der Waals surface area contributed by atoms with Gasteiger partial charge in [-0.25, -0.2) is 0 Å². The van der Waals surface area contributed by atoms with E-state index in [1.54, 1.807) is 39.5 Å². The number of rotatable bonds is 6. The lowest BCUT2D eigenvalue weighted by Gasteiger charge is -2.27. The molecule has 390 valence electrons. The topological polar surface area (TPSA) is 67.3 Å². The molecular formula is C70H38F6N6. The van der Waals surface area contributed by atoms with Crippen LogP contribution in [0, 0.1) is 22.7 Å². The highest BCUT2D eigenvalue weighted by Crippen LogP contribution is 2.53. The van der Waals surface area contributed by atoms with Crippen LogP contribution in [-0.2, 0) is 12.4 Å². The Morgan fingerprint density at radius 3 is 0.988 bits per heavy atom. The van der Waals surface area contributed by atoms with Gasteiger partial charge in [0.05, 0.1) is 77.8 Å². The molecule has 4 heterocycles. The van der Waals surface area contributed by atoms with Crippen molar-refractivity contribution in [1.82, 2.24) is 18.3 Å². The van der Waals surface area contributed by atoms with Gasteiger partial charge in [-0.2, -0.15) is 36.9 Å². The van der Waals surface area contributed by atoms with Crippen LogP contribution in [0.15, 0.2) is 231 Å². The number of hydrogen-bond donors (Lipinski definition) is 0. The van der Waals surface area contributed by atoms with E-state index in [1.807, 2.05) is 164 Å². The maximum absolute atomic E-state index is 15.4. The first kappa shape index (κ1) is 48.3. The molecule has 15 rings (SSSR count). The molecule has 0 aliphatic heterocycles. The fourth-order valence-corrected chi connectivity index (χ4v) is 12.8. The van der Waals surface area contributed by atoms with Gasteiger partial charge in [0.15, 0.2) is 0 Å². The van der Waals surface area contributed by atoms with E-state index in [1.165, 1.54) is 12.1 Å². The van der Waals surface area contributed by atoms with Crippen LogP contribution >= 0.6 is 0 Å². The van der Waals surface area contributed by atoms with Gasteiger partial charge < -0.3 is 18.3 Å². The summed E-state index contributed by atoms with van der Waals surface area (Å²) in [6, 6.07) is 73.2. The number of halogens is 6. The van der Waals surface area contributed by atoms with E-state index in [0.29, 0.717) is 54.7 Å². The fourth-order valence-electron chi connectivity index (χ4n) is 12.8. The Morgan fingerprint density at radius 1 is 0.293 bits per heavy atom. The molecule has 0 N–H and O–H groups in total. The summed E-state index contributed by atoms with van der Waals surface area (Å²) < 4.78 is 99.2. The van der Waals surface area contributed by atoms with Crippen molar-refractivity contribution in [1.29, 1.82) is 10.5 Å². The summed E-state index contributed by atoms with van der Waals surface area (Å²) in [6.45, 7) is 0. The highest BCUT2D eigenvalue weighted by atomic mass is 19.4. The third-order valence-corrected chi connectivity index (χ3v) is 16.1. The van der Waals surface area contributed by atoms with Crippen LogP contribution in [0.2, 0.25) is 0 Å². The number of para-hydroxylation sites is 8. The third kappa shape index (κ3) is 6.95. The maximum Gasteiger partial charge on any atom is 0.416 e. The highest BCUT2D eigenvalue weighted by molar-refractivity contribution is 6.20. The molecule has 0 amide bonds. The molecule has 11 aromatic carbocycles. The van der Waals surface area contributed by atoms with Crippen molar-refractivity contribution in [2.24, 2.45) is 0 Å². The van der Waals surface area contributed by atoms with Crippen LogP contribution in [0.4, 0.5) is 26.3 Å². The zero-order valence-corrected chi connectivity index (χ0v) is 42.9. The first-order chi connectivity index (χ1) is 39.9. The Bertz CT molecular complexity index is 5080. The Kier molecular flexibility index (Phi) is 10.5. The van der Waals surface area contributed by atoms with Crippen molar-refractivity contribution in [2.45, 2.75) is 12.4 Å². The van der Waals surface area contributed by atoms with Crippen LogP contribution in [-0.4, -0.2) is 18.3 Å². The van der Waals surface area contributed by atoms with Gasteiger partial charge in [-0.15, -0.1) is 0 Å². The van der Waals surface area contributed by atoms with Gasteiger partial charge in [0.1, 0.15) is 12.1 Å². The lowest BCUT2D eigenvalue weighted by atomic mass is 9.85. The average molecular weight is 1080 g/mol. The van der Waals surface area contributed by atoms with Crippen molar-refractivity contribution in [2.75, 3.05) is 0 Å². The minimum absolute atomic E-state index is 0.0141. The van der Waals surface area contributed by atoms with Gasteiger partial charge in [0.25, 0.3) is 0 Å². The number of alkyl halides is 6. The van der Waals surface area contributed by atoms with Crippen molar-refractivity contribution in [3.63, 3.8) is 0 Å². The molecule has 0 spiro atoms. The zero-order valence-electron chi connectivity index (χ0n) is 42.9. The molecule has 82 heavy (non-hydrogen) atoms. The smallest absolute Gasteiger partial charge is 0.309 e. The van der Waals surface area contributed by atoms with Gasteiger partial charge in [-0.05, 0) is 72.8 Å². The fraction of sp³-hybridized carbons (Fsp3) is 0.0286. The van der Waals surface area contributed by atoms with Crippen LogP contribution < -0.4 is 0 Å². The molecule has 0 bridgehead atoms. The average Bonchev–Trinajstić information content (AvgIpc) is 4.39. The molecule has 0 unspecified atom stereocenters. The van der Waals surface area contributed by atoms with E-state index >= 15 is 26.3 Å². The Morgan fingerprint density at radius 2 is 0.610 bits per heavy atom. The summed E-state index contributed by atoms with van der Waals surface area (Å²) in [5.41, 5.74) is 4.97. The predicted molar refractivity (Wildman–Crippen MR) is 314 cm³/mol. The third-order valence-electron chi connectivity index (χ3n) is 16.1. The lowest BCUT2D eigenvalue weighted by Crippen LogP contribution is -2.12. The molecular weight excluding hydrogens is 1040 g/mol. The Hall–Kier alpha value is -10.8. The van der Waals surface area contributed by atoms with Gasteiger partial charge >= 0.3 is 12.4 Å². The molecule has 0 aliphatic carbocycles. The minimum atomic E-state index is -4.79. The summed E-state index contributed by atoms with van der Waals surface area (Å²) in [7, 11) is 0. The van der Waals surface area contributed by atoms with E-state index in [4.69, 9.17) is 0 Å². The van der Waals surface area contributed by atoms with Gasteiger partial charge in [-0.3, -0.25) is 0 Å². The molecule has 0 saturated heterocycles. The zero-order chi connectivity index (χ0) is 55.8. The molecule has 6 nitrogen and oxygen atoms in total. The van der Waals surface area contributed by atoms with Gasteiger partial charge in [-0.1, -0.05) is 158 Å². The molecule has 0 atom stereocenters. The second kappa shape index (κ2) is 17.8. The minimum Gasteiger partial charge on any atom is -0.309 e. The molecule has 0 saturated carbocycles. The van der Waals surface area contributed by atoms with Crippen molar-refractivity contribution in [3.8, 4) is 57.1 Å². The number of hydrogen-bond acceptors (Lipinski definition) is 2. The largest absolute Gasteiger partial charge is 0.416 e. The normalized spacial score (nSPS) is 12.2. The van der Waals surface area contributed by atoms with Gasteiger partial charge in [0, 0.05) is 76.7 Å². The monoisotopic (exact) mass is 1080 g/mol. The van der Waals surface area contributed by atoms with E-state index in [0.717, 1.165) is 68.2 Å². The molecule has 4 aromatic heterocycles. The van der Waals surface area contributed by atoms with Gasteiger partial charge in [0.2, 0.25) is 0 Å². The molecule has 12 heteroatoms. The number of benzene rings is 11. The lowest BCUT2D eigenvalue weighted by molar-refractivity contribution is -0.138. The SMILES string of the molecule is N#Cc1c(-c2cccc3c4ccccc4n(-c4ccccc4)c23)c(-n2c3ccccc3c3ccc(C(F)(F)F)cc32)c(-c2cccc3c4ccccc4n(-c4ccccc4)c23)c(C#N)c1-n1c2ccccc2c2ccc(C(F)(F)F)cc21. The van der Waals surface area contributed by atoms with E-state index in [-0.39, 0.29) is 44.7 Å². The van der Waals surface area contributed by atoms with Crippen molar-refractivity contribution >= 4 is 87.2 Å². The second-order valence-electron chi connectivity index (χ2n) is 20.4. The van der Waals surface area contributed by atoms with E-state index < -0.39 is 23.5 Å².